The maximum atomic E-state index is 13.6. The number of fused-ring (bicyclic) bond motifs is 1. The van der Waals surface area contributed by atoms with Crippen LogP contribution in [0.5, 0.6) is 23.0 Å². The molecule has 10 heteroatoms. The molecule has 0 unspecified atom stereocenters. The fourth-order valence-corrected chi connectivity index (χ4v) is 7.50. The van der Waals surface area contributed by atoms with Gasteiger partial charge in [0.1, 0.15) is 23.0 Å². The van der Waals surface area contributed by atoms with E-state index in [1.165, 1.54) is 10.8 Å². The fourth-order valence-electron chi connectivity index (χ4n) is 4.97. The number of ether oxygens (including phenoxy) is 4. The van der Waals surface area contributed by atoms with Crippen molar-refractivity contribution in [3.05, 3.63) is 77.4 Å². The molecule has 0 spiro atoms. The van der Waals surface area contributed by atoms with E-state index in [4.69, 9.17) is 27.8 Å². The van der Waals surface area contributed by atoms with Crippen molar-refractivity contribution in [1.82, 2.24) is 0 Å². The van der Waals surface area contributed by atoms with E-state index in [9.17, 15) is 4.79 Å². The minimum absolute atomic E-state index is 0.0608. The van der Waals surface area contributed by atoms with Crippen LogP contribution in [0.4, 0.5) is 0 Å². The number of carbonyl (C=O) groups is 1. The molecule has 3 aromatic carbocycles. The van der Waals surface area contributed by atoms with E-state index >= 15 is 0 Å². The number of ketones is 1. The van der Waals surface area contributed by atoms with Crippen LogP contribution in [0.3, 0.4) is 0 Å². The summed E-state index contributed by atoms with van der Waals surface area (Å²) in [7, 11) is 6.69. The van der Waals surface area contributed by atoms with Gasteiger partial charge in [0, 0.05) is 38.3 Å². The van der Waals surface area contributed by atoms with E-state index in [0.717, 1.165) is 21.4 Å². The lowest BCUT2D eigenvalue weighted by Crippen LogP contribution is -2.41. The van der Waals surface area contributed by atoms with Crippen LogP contribution in [0.15, 0.2) is 60.7 Å². The first-order valence-electron chi connectivity index (χ1n) is 13.7. The Kier molecular flexibility index (Phi) is 10.9. The lowest BCUT2D eigenvalue weighted by Gasteiger charge is -2.39. The Hall–Kier alpha value is -3.42. The molecular formula is C33H36O7SSi2. The molecule has 0 aliphatic rings. The van der Waals surface area contributed by atoms with Gasteiger partial charge >= 0.3 is 0 Å². The monoisotopic (exact) mass is 632 g/mol. The first kappa shape index (κ1) is 32.5. The number of carbonyl (C=O) groups excluding carboxylic acids is 1. The van der Waals surface area contributed by atoms with Gasteiger partial charge in [0.25, 0.3) is 0 Å². The van der Waals surface area contributed by atoms with Crippen molar-refractivity contribution < 1.29 is 32.6 Å². The molecule has 4 rings (SSSR count). The maximum absolute atomic E-state index is 13.6. The van der Waals surface area contributed by atoms with Crippen molar-refractivity contribution in [2.75, 3.05) is 28.4 Å². The number of thiophene rings is 1. The minimum Gasteiger partial charge on any atom is -0.496 e. The smallest absolute Gasteiger partial charge is 0.230 e. The van der Waals surface area contributed by atoms with Crippen molar-refractivity contribution in [1.29, 1.82) is 0 Å². The Morgan fingerprint density at radius 1 is 0.814 bits per heavy atom. The van der Waals surface area contributed by atoms with Crippen LogP contribution < -0.4 is 18.9 Å². The summed E-state index contributed by atoms with van der Waals surface area (Å²) in [5.41, 5.74) is 2.69. The summed E-state index contributed by atoms with van der Waals surface area (Å²) in [4.78, 5) is 14.6. The zero-order valence-corrected chi connectivity index (χ0v) is 28.5. The summed E-state index contributed by atoms with van der Waals surface area (Å²) in [6.07, 6.45) is 3.28. The molecule has 1 aromatic heterocycles. The van der Waals surface area contributed by atoms with Crippen molar-refractivity contribution in [2.45, 2.75) is 32.7 Å². The summed E-state index contributed by atoms with van der Waals surface area (Å²) in [6, 6.07) is 17.6. The third-order valence-corrected chi connectivity index (χ3v) is 9.23. The predicted octanol–water partition coefficient (Wildman–Crippen LogP) is 7.68. The highest BCUT2D eigenvalue weighted by atomic mass is 32.1. The average Bonchev–Trinajstić information content (AvgIpc) is 3.46. The van der Waals surface area contributed by atoms with E-state index in [1.807, 2.05) is 51.2 Å². The molecule has 224 valence electrons. The summed E-state index contributed by atoms with van der Waals surface area (Å²) in [6.45, 7) is 7.94. The van der Waals surface area contributed by atoms with Gasteiger partial charge in [0.05, 0.1) is 34.0 Å². The Labute approximate surface area is 262 Å². The van der Waals surface area contributed by atoms with Gasteiger partial charge in [0.2, 0.25) is 19.5 Å². The topological polar surface area (TPSA) is 72.5 Å². The molecule has 0 atom stereocenters. The van der Waals surface area contributed by atoms with E-state index in [1.54, 1.807) is 58.0 Å². The number of methoxy groups -OCH3 is 4. The van der Waals surface area contributed by atoms with E-state index in [2.05, 4.69) is 18.2 Å². The zero-order valence-electron chi connectivity index (χ0n) is 25.7. The number of benzene rings is 3. The van der Waals surface area contributed by atoms with E-state index in [-0.39, 0.29) is 31.2 Å². The molecule has 4 radical (unpaired) electrons. The summed E-state index contributed by atoms with van der Waals surface area (Å²) in [5, 5.41) is 1.16. The normalized spacial score (nSPS) is 11.8. The molecule has 4 aromatic rings. The SMILES string of the molecule is COc1cc(OC)c(-c2cc3ccccc3s2)cc1C=CC(=O)c1cc(OC)c(C(O[Si]C)(O[Si]C)C(C)C)c(OC)c1. The highest BCUT2D eigenvalue weighted by Gasteiger charge is 2.42. The average molecular weight is 633 g/mol. The lowest BCUT2D eigenvalue weighted by molar-refractivity contribution is -0.158. The molecule has 7 nitrogen and oxygen atoms in total. The Balaban J connectivity index is 1.77. The first-order chi connectivity index (χ1) is 20.8. The molecule has 0 saturated carbocycles. The third-order valence-electron chi connectivity index (χ3n) is 7.06. The largest absolute Gasteiger partial charge is 0.496 e. The van der Waals surface area contributed by atoms with Crippen LogP contribution in [-0.4, -0.2) is 53.7 Å². The maximum Gasteiger partial charge on any atom is 0.230 e. The van der Waals surface area contributed by atoms with Gasteiger partial charge in [-0.05, 0) is 61.0 Å². The molecule has 0 amide bonds. The zero-order chi connectivity index (χ0) is 31.1. The van der Waals surface area contributed by atoms with Gasteiger partial charge in [-0.1, -0.05) is 32.0 Å². The van der Waals surface area contributed by atoms with Crippen LogP contribution in [0.2, 0.25) is 13.1 Å². The van der Waals surface area contributed by atoms with E-state index < -0.39 is 5.79 Å². The van der Waals surface area contributed by atoms with Gasteiger partial charge in [0.15, 0.2) is 11.6 Å². The molecule has 0 bridgehead atoms. The molecule has 0 N–H and O–H groups in total. The lowest BCUT2D eigenvalue weighted by atomic mass is 9.91. The number of allylic oxidation sites excluding steroid dienone is 1. The quantitative estimate of drug-likeness (QED) is 0.0611. The summed E-state index contributed by atoms with van der Waals surface area (Å²) in [5.74, 6) is 0.813. The van der Waals surface area contributed by atoms with Crippen molar-refractivity contribution in [3.63, 3.8) is 0 Å². The second-order valence-electron chi connectivity index (χ2n) is 9.83. The fraction of sp³-hybridized carbons (Fsp3) is 0.303. The highest BCUT2D eigenvalue weighted by Crippen LogP contribution is 2.46. The van der Waals surface area contributed by atoms with Crippen molar-refractivity contribution in [3.8, 4) is 33.4 Å². The van der Waals surface area contributed by atoms with Crippen molar-refractivity contribution >= 4 is 52.8 Å². The van der Waals surface area contributed by atoms with Crippen molar-refractivity contribution in [2.24, 2.45) is 5.92 Å². The Morgan fingerprint density at radius 2 is 1.42 bits per heavy atom. The molecule has 0 fully saturated rings. The molecule has 1 heterocycles. The van der Waals surface area contributed by atoms with Crippen LogP contribution >= 0.6 is 11.3 Å². The standard InChI is InChI=1S/C33H36O7SSi2/c1-20(2)33(39-42-7,40-43-8)32-28(37-5)16-23(17-29(32)38-6)25(34)14-13-21-15-24(27(36-4)19-26(21)35-3)31-18-22-11-9-10-12-30(22)41-31/h9-20H,1-8H3. The molecule has 43 heavy (non-hydrogen) atoms. The van der Waals surface area contributed by atoms with Crippen LogP contribution in [0.25, 0.3) is 26.6 Å². The number of hydrogen-bond acceptors (Lipinski definition) is 8. The van der Waals surface area contributed by atoms with Gasteiger partial charge in [-0.3, -0.25) is 4.79 Å². The minimum atomic E-state index is -1.09. The Bertz CT molecular complexity index is 1550. The molecule has 0 aliphatic heterocycles. The van der Waals surface area contributed by atoms with Gasteiger partial charge in [-0.25, -0.2) is 0 Å². The van der Waals surface area contributed by atoms with Crippen LogP contribution in [0.1, 0.15) is 35.3 Å². The second kappa shape index (κ2) is 14.4. The first-order valence-corrected chi connectivity index (χ1v) is 17.3. The van der Waals surface area contributed by atoms with Crippen LogP contribution in [-0.2, 0) is 14.6 Å². The molecular weight excluding hydrogens is 597 g/mol. The van der Waals surface area contributed by atoms with E-state index in [0.29, 0.717) is 34.1 Å². The second-order valence-corrected chi connectivity index (χ2v) is 12.1. The summed E-state index contributed by atoms with van der Waals surface area (Å²) < 4.78 is 36.7. The molecule has 0 saturated heterocycles. The number of rotatable bonds is 14. The highest BCUT2D eigenvalue weighted by molar-refractivity contribution is 7.22. The Morgan fingerprint density at radius 3 is 1.95 bits per heavy atom. The van der Waals surface area contributed by atoms with Gasteiger partial charge in [-0.15, -0.1) is 11.3 Å². The van der Waals surface area contributed by atoms with Gasteiger partial charge < -0.3 is 27.8 Å². The molecule has 0 aliphatic carbocycles. The number of hydrogen-bond donors (Lipinski definition) is 0. The van der Waals surface area contributed by atoms with Gasteiger partial charge in [-0.2, -0.15) is 0 Å². The van der Waals surface area contributed by atoms with Crippen LogP contribution in [0, 0.1) is 5.92 Å². The third kappa shape index (κ3) is 6.58. The predicted molar refractivity (Wildman–Crippen MR) is 175 cm³/mol. The summed E-state index contributed by atoms with van der Waals surface area (Å²) >= 11 is 1.68.